The van der Waals surface area contributed by atoms with Gasteiger partial charge in [0.05, 0.1) is 49.3 Å². The van der Waals surface area contributed by atoms with Crippen LogP contribution in [0.1, 0.15) is 77.0 Å². The van der Waals surface area contributed by atoms with Crippen LogP contribution in [0, 0.1) is 71.0 Å². The van der Waals surface area contributed by atoms with Crippen molar-refractivity contribution in [3.8, 4) is 0 Å². The van der Waals surface area contributed by atoms with Crippen LogP contribution in [0.15, 0.2) is 0 Å². The monoisotopic (exact) mass is 1000 g/mol. The van der Waals surface area contributed by atoms with E-state index in [4.69, 9.17) is 0 Å². The fraction of sp³-hybridized carbons (Fsp3) is 0.889. The van der Waals surface area contributed by atoms with E-state index in [2.05, 4.69) is 61.9 Å². The third kappa shape index (κ3) is 7.88. The van der Waals surface area contributed by atoms with Gasteiger partial charge in [0.2, 0.25) is 0 Å². The van der Waals surface area contributed by atoms with Gasteiger partial charge in [0.15, 0.2) is 0 Å². The van der Waals surface area contributed by atoms with Gasteiger partial charge >= 0.3 is 54.0 Å². The van der Waals surface area contributed by atoms with E-state index in [1.54, 1.807) is 0 Å². The fourth-order valence-electron chi connectivity index (χ4n) is 13.4. The van der Waals surface area contributed by atoms with E-state index in [0.29, 0.717) is 11.8 Å². The second-order valence-electron chi connectivity index (χ2n) is 17.5. The number of rotatable bonds is 4. The Morgan fingerprint density at radius 2 is 0.518 bits per heavy atom. The van der Waals surface area contributed by atoms with Gasteiger partial charge in [-0.3, -0.25) is 42.5 Å². The van der Waals surface area contributed by atoms with Crippen molar-refractivity contribution in [3.05, 3.63) is 0 Å². The normalized spacial score (nSPS) is 48.9. The number of carboxylic acids is 4. The van der Waals surface area contributed by atoms with E-state index >= 15 is 0 Å². The molecule has 0 amide bonds. The van der Waals surface area contributed by atoms with Crippen molar-refractivity contribution < 1.29 is 74.2 Å². The van der Waals surface area contributed by atoms with Gasteiger partial charge in [0.1, 0.15) is 0 Å². The molecule has 5 heterocycles. The molecule has 0 aromatic carbocycles. The predicted molar refractivity (Wildman–Crippen MR) is 184 cm³/mol. The molecule has 4 aliphatic carbocycles. The molecule has 20 atom stereocenters. The topological polar surface area (TPSA) is 257 Å². The maximum absolute atomic E-state index is 13.0. The van der Waals surface area contributed by atoms with Crippen LogP contribution in [0.25, 0.3) is 0 Å². The van der Waals surface area contributed by atoms with Crippen molar-refractivity contribution in [2.75, 3.05) is 0 Å². The Balaban J connectivity index is 0.00000117. The van der Waals surface area contributed by atoms with Gasteiger partial charge in [0, 0.05) is 59.4 Å². The van der Waals surface area contributed by atoms with Gasteiger partial charge in [0.25, 0.3) is 0 Å². The summed E-state index contributed by atoms with van der Waals surface area (Å²) in [5, 5.41) is 81.6. The number of carboxylic acid groups (broad SMARTS) is 4. The van der Waals surface area contributed by atoms with Gasteiger partial charge < -0.3 is 39.6 Å². The van der Waals surface area contributed by atoms with Crippen LogP contribution in [0.5, 0.6) is 0 Å². The molecule has 4 saturated carbocycles. The fourth-order valence-corrected chi connectivity index (χ4v) is 13.4. The summed E-state index contributed by atoms with van der Waals surface area (Å²) in [6, 6.07) is 0. The second kappa shape index (κ2) is 18.6. The molecule has 9 aliphatic rings. The summed E-state index contributed by atoms with van der Waals surface area (Å²) in [6.45, 7) is 0. The van der Waals surface area contributed by atoms with Crippen molar-refractivity contribution in [3.63, 3.8) is 0 Å². The Labute approximate surface area is 355 Å². The van der Waals surface area contributed by atoms with Crippen molar-refractivity contribution in [1.82, 2.24) is 42.5 Å². The zero-order valence-corrected chi connectivity index (χ0v) is 35.5. The van der Waals surface area contributed by atoms with E-state index in [1.807, 2.05) is 34.6 Å². The molecule has 9 rings (SSSR count). The quantitative estimate of drug-likeness (QED) is 0.125. The molecule has 8 N–H and O–H groups in total. The molecular formula is C36H52Cl2N8O8Rh2. The van der Waals surface area contributed by atoms with Crippen LogP contribution in [-0.4, -0.2) is 73.2 Å². The summed E-state index contributed by atoms with van der Waals surface area (Å²) in [6.07, 6.45) is 10.5. The molecule has 16 nitrogen and oxygen atoms in total. The zero-order valence-electron chi connectivity index (χ0n) is 30.7. The summed E-state index contributed by atoms with van der Waals surface area (Å²) in [5.74, 6) is -16.1. The minimum absolute atomic E-state index is 0.0462. The number of fused-ring (bicyclic) bond motifs is 20. The Morgan fingerprint density at radius 3 is 0.714 bits per heavy atom. The molecule has 0 spiro atoms. The molecule has 56 heavy (non-hydrogen) atoms. The van der Waals surface area contributed by atoms with E-state index < -0.39 is 71.7 Å². The zero-order chi connectivity index (χ0) is 40.0. The molecule has 5 aliphatic heterocycles. The molecule has 9 fully saturated rings. The van der Waals surface area contributed by atoms with Crippen molar-refractivity contribution in [1.29, 1.82) is 0 Å². The Kier molecular flexibility index (Phi) is 14.4. The number of nitrogens with one attached hydrogen (secondary N) is 8. The Morgan fingerprint density at radius 1 is 0.339 bits per heavy atom. The van der Waals surface area contributed by atoms with Gasteiger partial charge in [-0.05, 0) is 74.0 Å². The third-order valence-electron chi connectivity index (χ3n) is 15.4. The van der Waals surface area contributed by atoms with Gasteiger partial charge in [-0.1, -0.05) is 38.5 Å². The van der Waals surface area contributed by atoms with Crippen molar-refractivity contribution in [2.24, 2.45) is 71.0 Å². The van der Waals surface area contributed by atoms with E-state index in [0.717, 1.165) is 64.2 Å². The number of aliphatic carboxylic acids is 4. The average Bonchev–Trinajstić information content (AvgIpc) is 3.94. The van der Waals surface area contributed by atoms with Crippen LogP contribution < -0.4 is 63.0 Å². The molecule has 20 unspecified atom stereocenters. The summed E-state index contributed by atoms with van der Waals surface area (Å²) < 4.78 is 0. The summed E-state index contributed by atoms with van der Waals surface area (Å²) in [4.78, 5) is 51.3. The van der Waals surface area contributed by atoms with Gasteiger partial charge in [-0.2, -0.15) is 0 Å². The number of halogens is 2. The van der Waals surface area contributed by atoms with E-state index in [1.165, 1.54) is 12.8 Å². The Hall–Kier alpha value is -0.613. The molecule has 316 valence electrons. The summed E-state index contributed by atoms with van der Waals surface area (Å²) in [7, 11) is 9.06. The first-order chi connectivity index (χ1) is 27.1. The van der Waals surface area contributed by atoms with Crippen LogP contribution in [-0.2, 0) is 53.8 Å². The first kappa shape index (κ1) is 43.5. The number of hydrogen-bond donors (Lipinski definition) is 8. The van der Waals surface area contributed by atoms with Crippen molar-refractivity contribution in [2.45, 2.75) is 126 Å². The molecule has 5 saturated heterocycles. The minimum atomic E-state index is -2.20. The number of hydrogen-bond acceptors (Lipinski definition) is 16. The molecule has 0 radical (unpaired) electrons. The average molecular weight is 1000 g/mol. The van der Waals surface area contributed by atoms with E-state index in [-0.39, 0.29) is 60.7 Å². The van der Waals surface area contributed by atoms with Crippen LogP contribution >= 0.6 is 19.4 Å². The second-order valence-corrected chi connectivity index (χ2v) is 17.5. The Bertz CT molecular complexity index is 1360. The molecule has 0 aromatic heterocycles. The summed E-state index contributed by atoms with van der Waals surface area (Å²) >= 11 is 4.04. The molecular weight excluding hydrogens is 949 g/mol. The predicted octanol–water partition coefficient (Wildman–Crippen LogP) is -4.12. The van der Waals surface area contributed by atoms with Crippen LogP contribution in [0.4, 0.5) is 0 Å². The third-order valence-corrected chi connectivity index (χ3v) is 15.4. The number of carbonyl (C=O) groups is 4. The first-order valence-electron chi connectivity index (χ1n) is 20.3. The standard InChI is InChI=1S/C36H56N8O8.2ClH.2Rh/c45-33(46)21-19-20(22(34(47)48)24(36(51)52)23(21)35(49)50)32-43-30-18-12-6-4-10-16(18)28(41-30)39-26-14-8-2-1-7-13(14)25(37-26)38-27-15-9-3-5-11-17(15)29(40-27)42-31(19)44-32;;;;/h13-32,37-44H,1-12H2,(H,45,46)(H,47,48)(H,49,50)(H,51,52);2*1H;;/q;;;2*+3/p-6. The molecule has 8 bridgehead atoms. The summed E-state index contributed by atoms with van der Waals surface area (Å²) in [5.41, 5.74) is 0. The van der Waals surface area contributed by atoms with Gasteiger partial charge in [-0.25, -0.2) is 0 Å². The van der Waals surface area contributed by atoms with Crippen molar-refractivity contribution >= 4 is 43.3 Å². The van der Waals surface area contributed by atoms with Crippen LogP contribution in [0.3, 0.4) is 0 Å². The maximum atomic E-state index is 13.0. The SMILES string of the molecule is O=C([O-])C1C(C(=O)[O-])C(C(=O)[O-])C2C3NC4NC(NC5NC(NC6NC(NC(N3)C2C1C(=O)[O-])C1CCCCC61)C1CCCCC51)C1CCCCC41.[Cl][Rh+2].[Cl][Rh+2]. The molecule has 20 heteroatoms. The van der Waals surface area contributed by atoms with Crippen LogP contribution in [0.2, 0.25) is 0 Å². The number of carbonyl (C=O) groups excluding carboxylic acids is 4. The molecule has 0 aromatic rings. The van der Waals surface area contributed by atoms with E-state index in [9.17, 15) is 39.6 Å². The first-order valence-corrected chi connectivity index (χ1v) is 24.5. The van der Waals surface area contributed by atoms with Gasteiger partial charge in [-0.15, -0.1) is 0 Å².